The Balaban J connectivity index is 0.000000386. The molecule has 1 atom stereocenters. The van der Waals surface area contributed by atoms with Crippen LogP contribution in [0.3, 0.4) is 0 Å². The minimum Gasteiger partial charge on any atom is -0.490 e. The van der Waals surface area contributed by atoms with Crippen molar-refractivity contribution in [2.75, 3.05) is 26.2 Å². The second kappa shape index (κ2) is 12.9. The van der Waals surface area contributed by atoms with E-state index in [4.69, 9.17) is 14.9 Å². The van der Waals surface area contributed by atoms with E-state index < -0.39 is 18.0 Å². The smallest absolute Gasteiger partial charge is 0.328 e. The number of aromatic amines is 1. The molecule has 0 aliphatic carbocycles. The summed E-state index contributed by atoms with van der Waals surface area (Å²) in [4.78, 5) is 36.8. The molecule has 10 nitrogen and oxygen atoms in total. The van der Waals surface area contributed by atoms with Crippen LogP contribution in [0, 0.1) is 0 Å². The molecule has 1 unspecified atom stereocenters. The van der Waals surface area contributed by atoms with E-state index in [1.807, 2.05) is 59.2 Å². The van der Waals surface area contributed by atoms with Crippen molar-refractivity contribution in [1.29, 1.82) is 0 Å². The number of aliphatic hydroxyl groups is 1. The van der Waals surface area contributed by atoms with E-state index in [9.17, 15) is 19.5 Å². The van der Waals surface area contributed by atoms with Crippen LogP contribution in [0.4, 0.5) is 0 Å². The van der Waals surface area contributed by atoms with Crippen LogP contribution in [0.25, 0.3) is 21.8 Å². The maximum absolute atomic E-state index is 12.4. The van der Waals surface area contributed by atoms with Gasteiger partial charge in [0.25, 0.3) is 0 Å². The number of para-hydroxylation sites is 2. The van der Waals surface area contributed by atoms with Gasteiger partial charge in [0.05, 0.1) is 11.0 Å². The van der Waals surface area contributed by atoms with Crippen molar-refractivity contribution in [2.45, 2.75) is 25.0 Å². The fraction of sp³-hybridized carbons (Fsp3) is 0.276. The third-order valence-electron chi connectivity index (χ3n) is 6.56. The van der Waals surface area contributed by atoms with Gasteiger partial charge in [0.2, 0.25) is 0 Å². The van der Waals surface area contributed by atoms with Gasteiger partial charge in [-0.2, -0.15) is 0 Å². The largest absolute Gasteiger partial charge is 0.490 e. The monoisotopic (exact) mass is 533 g/mol. The van der Waals surface area contributed by atoms with Crippen molar-refractivity contribution < 1.29 is 29.6 Å². The van der Waals surface area contributed by atoms with E-state index >= 15 is 0 Å². The molecule has 204 valence electrons. The molecule has 0 bridgehead atoms. The number of rotatable bonds is 8. The van der Waals surface area contributed by atoms with Crippen molar-refractivity contribution in [2.24, 2.45) is 0 Å². The van der Waals surface area contributed by atoms with E-state index in [1.54, 1.807) is 0 Å². The van der Waals surface area contributed by atoms with Crippen LogP contribution >= 0.6 is 0 Å². The van der Waals surface area contributed by atoms with E-state index in [0.29, 0.717) is 18.7 Å². The number of benzene rings is 3. The average Bonchev–Trinajstić information content (AvgIpc) is 3.27. The van der Waals surface area contributed by atoms with Crippen LogP contribution < -0.4 is 10.4 Å². The summed E-state index contributed by atoms with van der Waals surface area (Å²) in [6.07, 6.45) is 2.33. The number of carbonyl (C=O) groups is 2. The Bertz CT molecular complexity index is 1490. The zero-order valence-corrected chi connectivity index (χ0v) is 21.3. The highest BCUT2D eigenvalue weighted by atomic mass is 16.5. The van der Waals surface area contributed by atoms with Crippen LogP contribution in [0.15, 0.2) is 83.7 Å². The number of ether oxygens (including phenoxy) is 1. The van der Waals surface area contributed by atoms with Gasteiger partial charge in [-0.3, -0.25) is 4.57 Å². The van der Waals surface area contributed by atoms with Gasteiger partial charge < -0.3 is 29.9 Å². The number of piperidine rings is 1. The lowest BCUT2D eigenvalue weighted by molar-refractivity contribution is -0.134. The molecule has 2 heterocycles. The number of aromatic nitrogens is 2. The Morgan fingerprint density at radius 1 is 0.949 bits per heavy atom. The molecule has 0 radical (unpaired) electrons. The number of imidazole rings is 1. The molecule has 1 aromatic heterocycles. The average molecular weight is 534 g/mol. The summed E-state index contributed by atoms with van der Waals surface area (Å²) in [5.41, 5.74) is 1.81. The molecule has 1 saturated heterocycles. The second-order valence-corrected chi connectivity index (χ2v) is 9.30. The number of likely N-dealkylation sites (tertiary alicyclic amines) is 1. The number of carboxylic acid groups (broad SMARTS) is 2. The minimum absolute atomic E-state index is 0.0387. The van der Waals surface area contributed by atoms with Crippen molar-refractivity contribution in [3.05, 3.63) is 89.4 Å². The zero-order valence-electron chi connectivity index (χ0n) is 21.3. The Morgan fingerprint density at radius 2 is 1.59 bits per heavy atom. The summed E-state index contributed by atoms with van der Waals surface area (Å²) < 4.78 is 7.84. The molecule has 3 aromatic carbocycles. The van der Waals surface area contributed by atoms with E-state index in [-0.39, 0.29) is 18.3 Å². The van der Waals surface area contributed by atoms with E-state index in [0.717, 1.165) is 53.5 Å². The number of hydrogen-bond acceptors (Lipinski definition) is 6. The van der Waals surface area contributed by atoms with Crippen LogP contribution in [0.2, 0.25) is 0 Å². The number of fused-ring (bicyclic) bond motifs is 2. The minimum atomic E-state index is -1.26. The first-order chi connectivity index (χ1) is 18.8. The number of nitrogens with zero attached hydrogens (tertiary/aromatic N) is 2. The highest BCUT2D eigenvalue weighted by Crippen LogP contribution is 2.26. The molecular weight excluding hydrogens is 502 g/mol. The Hall–Kier alpha value is -4.41. The van der Waals surface area contributed by atoms with Gasteiger partial charge in [-0.25, -0.2) is 14.4 Å². The predicted octanol–water partition coefficient (Wildman–Crippen LogP) is 3.27. The third kappa shape index (κ3) is 7.34. The van der Waals surface area contributed by atoms with Crippen LogP contribution in [0.5, 0.6) is 5.75 Å². The summed E-state index contributed by atoms with van der Waals surface area (Å²) in [5, 5.41) is 28.4. The van der Waals surface area contributed by atoms with Crippen molar-refractivity contribution in [3.63, 3.8) is 0 Å². The normalized spacial score (nSPS) is 15.2. The maximum Gasteiger partial charge on any atom is 0.328 e. The van der Waals surface area contributed by atoms with Gasteiger partial charge >= 0.3 is 17.6 Å². The molecule has 1 fully saturated rings. The molecule has 5 rings (SSSR count). The number of nitrogens with one attached hydrogen (secondary N) is 1. The summed E-state index contributed by atoms with van der Waals surface area (Å²) in [6.45, 7) is 2.53. The number of aliphatic hydroxyl groups excluding tert-OH is 1. The summed E-state index contributed by atoms with van der Waals surface area (Å²) in [5.74, 6) is -1.71. The third-order valence-corrected chi connectivity index (χ3v) is 6.56. The van der Waals surface area contributed by atoms with Gasteiger partial charge in [-0.05, 0) is 36.4 Å². The summed E-state index contributed by atoms with van der Waals surface area (Å²) in [6, 6.07) is 22.1. The van der Waals surface area contributed by atoms with Gasteiger partial charge in [0.1, 0.15) is 18.5 Å². The Morgan fingerprint density at radius 3 is 2.31 bits per heavy atom. The van der Waals surface area contributed by atoms with E-state index in [1.165, 1.54) is 0 Å². The van der Waals surface area contributed by atoms with Gasteiger partial charge in [0, 0.05) is 43.2 Å². The van der Waals surface area contributed by atoms with E-state index in [2.05, 4.69) is 22.0 Å². The maximum atomic E-state index is 12.4. The molecule has 39 heavy (non-hydrogen) atoms. The quantitative estimate of drug-likeness (QED) is 0.253. The molecular formula is C29H31N3O7. The van der Waals surface area contributed by atoms with Crippen molar-refractivity contribution >= 4 is 33.7 Å². The standard InChI is InChI=1S/C25H27N3O3.C4H4O4/c29-20(17-31-24-11-5-7-18-6-1-2-8-21(18)24)16-27-14-12-19(13-15-27)28-23-10-4-3-9-22(23)26-25(28)30;5-3(6)1-2-4(7)8/h1-11,19-20,29H,12-17H2,(H,26,30);1-2H,(H,5,6)(H,7,8)/b;2-1-. The number of aliphatic carboxylic acids is 2. The molecule has 10 heteroatoms. The number of carboxylic acids is 2. The lowest BCUT2D eigenvalue weighted by Crippen LogP contribution is -2.42. The molecule has 1 aliphatic rings. The number of hydrogen-bond donors (Lipinski definition) is 4. The van der Waals surface area contributed by atoms with Gasteiger partial charge in [0.15, 0.2) is 0 Å². The SMILES string of the molecule is O=C(O)/C=C\C(=O)O.O=c1[nH]c2ccccc2n1C1CCN(CC(O)COc2cccc3ccccc23)CC1. The molecule has 0 spiro atoms. The predicted molar refractivity (Wildman–Crippen MR) is 147 cm³/mol. The van der Waals surface area contributed by atoms with Gasteiger partial charge in [-0.15, -0.1) is 0 Å². The molecule has 4 aromatic rings. The van der Waals surface area contributed by atoms with Crippen LogP contribution in [-0.4, -0.2) is 74.1 Å². The van der Waals surface area contributed by atoms with Crippen LogP contribution in [-0.2, 0) is 9.59 Å². The Labute approximate surface area is 224 Å². The second-order valence-electron chi connectivity index (χ2n) is 9.30. The molecule has 0 saturated carbocycles. The van der Waals surface area contributed by atoms with Crippen molar-refractivity contribution in [3.8, 4) is 5.75 Å². The number of H-pyrrole nitrogens is 1. The van der Waals surface area contributed by atoms with Gasteiger partial charge in [-0.1, -0.05) is 48.5 Å². The molecule has 0 amide bonds. The van der Waals surface area contributed by atoms with Crippen molar-refractivity contribution in [1.82, 2.24) is 14.5 Å². The fourth-order valence-corrected chi connectivity index (χ4v) is 4.80. The number of β-amino-alcohol motifs (C(OH)–C–C–N with tert-alkyl or cyclic N) is 1. The lowest BCUT2D eigenvalue weighted by atomic mass is 10.0. The molecule has 1 aliphatic heterocycles. The first kappa shape index (κ1) is 27.6. The highest BCUT2D eigenvalue weighted by molar-refractivity contribution is 5.89. The first-order valence-corrected chi connectivity index (χ1v) is 12.7. The summed E-state index contributed by atoms with van der Waals surface area (Å²) >= 11 is 0. The lowest BCUT2D eigenvalue weighted by Gasteiger charge is -2.33. The zero-order chi connectivity index (χ0) is 27.8. The first-order valence-electron chi connectivity index (χ1n) is 12.7. The topological polar surface area (TPSA) is 145 Å². The summed E-state index contributed by atoms with van der Waals surface area (Å²) in [7, 11) is 0. The fourth-order valence-electron chi connectivity index (χ4n) is 4.80. The van der Waals surface area contributed by atoms with Crippen LogP contribution in [0.1, 0.15) is 18.9 Å². The Kier molecular flexibility index (Phi) is 9.14. The molecule has 4 N–H and O–H groups in total. The highest BCUT2D eigenvalue weighted by Gasteiger charge is 2.24.